The van der Waals surface area contributed by atoms with Crippen LogP contribution < -0.4 is 5.73 Å². The molecule has 120 valence electrons. The molecule has 0 saturated heterocycles. The molecular weight excluding hydrogens is 252 g/mol. The molecular formula is C16H34N2O2. The third-order valence-electron chi connectivity index (χ3n) is 3.88. The number of nitrogens with zero attached hydrogens (tertiary/aromatic N) is 1. The summed E-state index contributed by atoms with van der Waals surface area (Å²) in [4.78, 5) is 14.2. The molecule has 2 atom stereocenters. The molecule has 4 heteroatoms. The monoisotopic (exact) mass is 286 g/mol. The molecule has 0 amide bonds. The van der Waals surface area contributed by atoms with Gasteiger partial charge in [0.05, 0.1) is 6.61 Å². The number of esters is 1. The third kappa shape index (κ3) is 7.85. The fourth-order valence-corrected chi connectivity index (χ4v) is 2.17. The molecule has 0 rings (SSSR count). The summed E-state index contributed by atoms with van der Waals surface area (Å²) in [6.07, 6.45) is 3.95. The first-order valence-electron chi connectivity index (χ1n) is 8.05. The van der Waals surface area contributed by atoms with E-state index in [1.165, 1.54) is 6.42 Å². The average molecular weight is 286 g/mol. The van der Waals surface area contributed by atoms with E-state index >= 15 is 0 Å². The smallest absolute Gasteiger partial charge is 0.325 e. The van der Waals surface area contributed by atoms with E-state index in [1.54, 1.807) is 6.92 Å². The van der Waals surface area contributed by atoms with Gasteiger partial charge in [-0.15, -0.1) is 0 Å². The minimum Gasteiger partial charge on any atom is -0.465 e. The number of ether oxygens (including phenoxy) is 1. The summed E-state index contributed by atoms with van der Waals surface area (Å²) < 4.78 is 5.00. The number of carbonyl (C=O) groups excluding carboxylic acids is 1. The third-order valence-corrected chi connectivity index (χ3v) is 3.88. The largest absolute Gasteiger partial charge is 0.465 e. The van der Waals surface area contributed by atoms with E-state index in [4.69, 9.17) is 10.5 Å². The molecule has 0 aromatic rings. The molecule has 20 heavy (non-hydrogen) atoms. The lowest BCUT2D eigenvalue weighted by Gasteiger charge is -2.25. The molecule has 0 fully saturated rings. The standard InChI is InChI=1S/C16H34N2O2/c1-6-14(4)13-18(7-2)12-10-9-11-16(5,17)15(19)20-8-3/h14H,6-13,17H2,1-5H3. The van der Waals surface area contributed by atoms with E-state index in [1.807, 2.05) is 6.92 Å². The molecule has 0 heterocycles. The Morgan fingerprint density at radius 1 is 1.30 bits per heavy atom. The van der Waals surface area contributed by atoms with Crippen LogP contribution >= 0.6 is 0 Å². The number of hydrogen-bond donors (Lipinski definition) is 1. The van der Waals surface area contributed by atoms with E-state index in [-0.39, 0.29) is 5.97 Å². The molecule has 0 aromatic carbocycles. The Bertz CT molecular complexity index is 267. The number of unbranched alkanes of at least 4 members (excludes halogenated alkanes) is 1. The van der Waals surface area contributed by atoms with Crippen molar-refractivity contribution in [3.8, 4) is 0 Å². The van der Waals surface area contributed by atoms with Gasteiger partial charge in [0.25, 0.3) is 0 Å². The minimum absolute atomic E-state index is 0.285. The highest BCUT2D eigenvalue weighted by atomic mass is 16.5. The topological polar surface area (TPSA) is 55.6 Å². The van der Waals surface area contributed by atoms with Gasteiger partial charge < -0.3 is 15.4 Å². The zero-order valence-electron chi connectivity index (χ0n) is 14.1. The molecule has 0 aliphatic heterocycles. The van der Waals surface area contributed by atoms with Crippen LogP contribution in [0.4, 0.5) is 0 Å². The van der Waals surface area contributed by atoms with Crippen molar-refractivity contribution in [3.05, 3.63) is 0 Å². The number of nitrogens with two attached hydrogens (primary N) is 1. The molecule has 0 aromatic heterocycles. The Morgan fingerprint density at radius 3 is 2.45 bits per heavy atom. The molecule has 0 spiro atoms. The first kappa shape index (κ1) is 19.4. The molecule has 0 aliphatic carbocycles. The Kier molecular flexibility index (Phi) is 9.86. The van der Waals surface area contributed by atoms with Crippen LogP contribution in [-0.4, -0.2) is 42.6 Å². The Balaban J connectivity index is 3.96. The first-order chi connectivity index (χ1) is 9.37. The van der Waals surface area contributed by atoms with Crippen molar-refractivity contribution in [1.82, 2.24) is 4.90 Å². The number of hydrogen-bond acceptors (Lipinski definition) is 4. The van der Waals surface area contributed by atoms with Crippen molar-refractivity contribution in [1.29, 1.82) is 0 Å². The van der Waals surface area contributed by atoms with Crippen LogP contribution in [-0.2, 0) is 9.53 Å². The van der Waals surface area contributed by atoms with Crippen LogP contribution in [0, 0.1) is 5.92 Å². The van der Waals surface area contributed by atoms with Gasteiger partial charge in [0.15, 0.2) is 0 Å². The average Bonchev–Trinajstić information content (AvgIpc) is 2.42. The van der Waals surface area contributed by atoms with Crippen molar-refractivity contribution in [2.45, 2.75) is 65.8 Å². The van der Waals surface area contributed by atoms with Crippen molar-refractivity contribution < 1.29 is 9.53 Å². The van der Waals surface area contributed by atoms with Gasteiger partial charge in [0.1, 0.15) is 5.54 Å². The summed E-state index contributed by atoms with van der Waals surface area (Å²) in [5, 5.41) is 0. The van der Waals surface area contributed by atoms with Crippen molar-refractivity contribution in [3.63, 3.8) is 0 Å². The van der Waals surface area contributed by atoms with Crippen LogP contribution in [0.2, 0.25) is 0 Å². The summed E-state index contributed by atoms with van der Waals surface area (Å²) >= 11 is 0. The number of rotatable bonds is 11. The van der Waals surface area contributed by atoms with Crippen LogP contribution in [0.3, 0.4) is 0 Å². The Hall–Kier alpha value is -0.610. The Labute approximate surface area is 125 Å². The molecule has 0 saturated carbocycles. The second-order valence-corrected chi connectivity index (χ2v) is 6.00. The summed E-state index contributed by atoms with van der Waals surface area (Å²) in [5.74, 6) is 0.459. The van der Waals surface area contributed by atoms with E-state index in [0.29, 0.717) is 13.0 Å². The lowest BCUT2D eigenvalue weighted by molar-refractivity contribution is -0.149. The molecule has 0 bridgehead atoms. The maximum atomic E-state index is 11.7. The van der Waals surface area contributed by atoms with Gasteiger partial charge in [-0.1, -0.05) is 27.2 Å². The van der Waals surface area contributed by atoms with Gasteiger partial charge >= 0.3 is 5.97 Å². The SMILES string of the molecule is CCOC(=O)C(C)(N)CCCCN(CC)CC(C)CC. The van der Waals surface area contributed by atoms with Gasteiger partial charge in [-0.3, -0.25) is 4.79 Å². The van der Waals surface area contributed by atoms with Crippen LogP contribution in [0.1, 0.15) is 60.3 Å². The quantitative estimate of drug-likeness (QED) is 0.469. The molecule has 0 aliphatic rings. The molecule has 2 unspecified atom stereocenters. The Morgan fingerprint density at radius 2 is 1.95 bits per heavy atom. The predicted octanol–water partition coefficient (Wildman–Crippen LogP) is 2.81. The fourth-order valence-electron chi connectivity index (χ4n) is 2.17. The highest BCUT2D eigenvalue weighted by Crippen LogP contribution is 2.14. The summed E-state index contributed by atoms with van der Waals surface area (Å²) in [6, 6.07) is 0. The van der Waals surface area contributed by atoms with Crippen LogP contribution in [0.25, 0.3) is 0 Å². The van der Waals surface area contributed by atoms with E-state index < -0.39 is 5.54 Å². The van der Waals surface area contributed by atoms with Crippen molar-refractivity contribution >= 4 is 5.97 Å². The maximum Gasteiger partial charge on any atom is 0.325 e. The second kappa shape index (κ2) is 10.2. The van der Waals surface area contributed by atoms with Gasteiger partial charge in [-0.25, -0.2) is 0 Å². The van der Waals surface area contributed by atoms with Crippen molar-refractivity contribution in [2.75, 3.05) is 26.2 Å². The normalized spacial score (nSPS) is 15.9. The van der Waals surface area contributed by atoms with Gasteiger partial charge in [0, 0.05) is 6.54 Å². The van der Waals surface area contributed by atoms with Crippen LogP contribution in [0.15, 0.2) is 0 Å². The molecule has 2 N–H and O–H groups in total. The summed E-state index contributed by atoms with van der Waals surface area (Å²) in [6.45, 7) is 14.0. The van der Waals surface area contributed by atoms with E-state index in [9.17, 15) is 4.79 Å². The fraction of sp³-hybridized carbons (Fsp3) is 0.938. The van der Waals surface area contributed by atoms with Crippen LogP contribution in [0.5, 0.6) is 0 Å². The molecule has 4 nitrogen and oxygen atoms in total. The van der Waals surface area contributed by atoms with Crippen molar-refractivity contribution in [2.24, 2.45) is 11.7 Å². The zero-order chi connectivity index (χ0) is 15.6. The first-order valence-corrected chi connectivity index (χ1v) is 8.05. The van der Waals surface area contributed by atoms with E-state index in [0.717, 1.165) is 38.4 Å². The van der Waals surface area contributed by atoms with E-state index in [2.05, 4.69) is 25.7 Å². The highest BCUT2D eigenvalue weighted by Gasteiger charge is 2.29. The second-order valence-electron chi connectivity index (χ2n) is 6.00. The maximum absolute atomic E-state index is 11.7. The van der Waals surface area contributed by atoms with Gasteiger partial charge in [-0.05, 0) is 52.1 Å². The lowest BCUT2D eigenvalue weighted by atomic mass is 9.96. The highest BCUT2D eigenvalue weighted by molar-refractivity contribution is 5.79. The summed E-state index contributed by atoms with van der Waals surface area (Å²) in [7, 11) is 0. The number of carbonyl (C=O) groups is 1. The zero-order valence-corrected chi connectivity index (χ0v) is 14.1. The minimum atomic E-state index is -0.843. The molecule has 0 radical (unpaired) electrons. The van der Waals surface area contributed by atoms with Gasteiger partial charge in [0.2, 0.25) is 0 Å². The van der Waals surface area contributed by atoms with Gasteiger partial charge in [-0.2, -0.15) is 0 Å². The lowest BCUT2D eigenvalue weighted by Crippen LogP contribution is -2.46. The summed E-state index contributed by atoms with van der Waals surface area (Å²) in [5.41, 5.74) is 5.17. The predicted molar refractivity (Wildman–Crippen MR) is 84.6 cm³/mol.